The third kappa shape index (κ3) is 4.50. The molecule has 0 unspecified atom stereocenters. The molecule has 0 aliphatic heterocycles. The lowest BCUT2D eigenvalue weighted by Crippen LogP contribution is -2.30. The molecule has 9 heteroatoms. The number of ether oxygens (including phenoxy) is 1. The summed E-state index contributed by atoms with van der Waals surface area (Å²) >= 11 is 17.8. The average Bonchev–Trinajstić information content (AvgIpc) is 2.52. The highest BCUT2D eigenvalue weighted by Gasteiger charge is 2.19. The van der Waals surface area contributed by atoms with Gasteiger partial charge in [0.25, 0.3) is 11.6 Å². The quantitative estimate of drug-likeness (QED) is 0.579. The van der Waals surface area contributed by atoms with Gasteiger partial charge in [-0.15, -0.1) is 0 Å². The number of halogens is 3. The van der Waals surface area contributed by atoms with Gasteiger partial charge < -0.3 is 10.1 Å². The standard InChI is InChI=1S/C15H11Cl3N2O4/c1-8(15(21)19-13-6-9(16)2-4-11(13)17)24-14-5-3-10(20(22)23)7-12(14)18/h2-8H,1H3,(H,19,21)/t8-/m0/s1. The molecule has 0 saturated carbocycles. The van der Waals surface area contributed by atoms with Crippen LogP contribution in [-0.2, 0) is 4.79 Å². The van der Waals surface area contributed by atoms with Crippen LogP contribution in [0.1, 0.15) is 6.92 Å². The number of nitrogens with one attached hydrogen (secondary N) is 1. The normalized spacial score (nSPS) is 11.7. The summed E-state index contributed by atoms with van der Waals surface area (Å²) in [7, 11) is 0. The zero-order valence-corrected chi connectivity index (χ0v) is 14.5. The van der Waals surface area contributed by atoms with E-state index in [1.165, 1.54) is 25.1 Å². The molecule has 0 aliphatic carbocycles. The smallest absolute Gasteiger partial charge is 0.271 e. The molecule has 2 aromatic carbocycles. The fourth-order valence-electron chi connectivity index (χ4n) is 1.77. The number of carbonyl (C=O) groups is 1. The first-order valence-corrected chi connectivity index (χ1v) is 7.78. The number of benzene rings is 2. The Morgan fingerprint density at radius 3 is 2.50 bits per heavy atom. The molecule has 24 heavy (non-hydrogen) atoms. The zero-order chi connectivity index (χ0) is 17.9. The molecule has 2 rings (SSSR count). The molecule has 126 valence electrons. The van der Waals surface area contributed by atoms with Crippen LogP contribution in [0.4, 0.5) is 11.4 Å². The monoisotopic (exact) mass is 388 g/mol. The molecular weight excluding hydrogens is 379 g/mol. The summed E-state index contributed by atoms with van der Waals surface area (Å²) < 4.78 is 5.44. The summed E-state index contributed by atoms with van der Waals surface area (Å²) in [6.45, 7) is 1.51. The van der Waals surface area contributed by atoms with Gasteiger partial charge in [0, 0.05) is 17.2 Å². The van der Waals surface area contributed by atoms with Crippen LogP contribution in [0.5, 0.6) is 5.75 Å². The van der Waals surface area contributed by atoms with E-state index in [0.29, 0.717) is 15.7 Å². The van der Waals surface area contributed by atoms with Crippen molar-refractivity contribution in [2.45, 2.75) is 13.0 Å². The number of anilines is 1. The first kappa shape index (κ1) is 18.3. The van der Waals surface area contributed by atoms with E-state index in [1.54, 1.807) is 12.1 Å². The second-order valence-electron chi connectivity index (χ2n) is 4.75. The van der Waals surface area contributed by atoms with Crippen LogP contribution in [0.25, 0.3) is 0 Å². The van der Waals surface area contributed by atoms with E-state index >= 15 is 0 Å². The fraction of sp³-hybridized carbons (Fsp3) is 0.133. The Balaban J connectivity index is 2.09. The van der Waals surface area contributed by atoms with Crippen LogP contribution < -0.4 is 10.1 Å². The number of amides is 1. The number of non-ortho nitro benzene ring substituents is 1. The Hall–Kier alpha value is -2.02. The van der Waals surface area contributed by atoms with Gasteiger partial charge in [-0.05, 0) is 31.2 Å². The molecule has 0 fully saturated rings. The lowest BCUT2D eigenvalue weighted by atomic mass is 10.2. The van der Waals surface area contributed by atoms with Crippen LogP contribution in [0.3, 0.4) is 0 Å². The van der Waals surface area contributed by atoms with Gasteiger partial charge in [0.1, 0.15) is 5.75 Å². The highest BCUT2D eigenvalue weighted by molar-refractivity contribution is 6.35. The number of hydrogen-bond acceptors (Lipinski definition) is 4. The first-order chi connectivity index (χ1) is 11.3. The van der Waals surface area contributed by atoms with Crippen LogP contribution >= 0.6 is 34.8 Å². The number of carbonyl (C=O) groups excluding carboxylic acids is 1. The third-order valence-electron chi connectivity index (χ3n) is 2.99. The van der Waals surface area contributed by atoms with E-state index < -0.39 is 16.9 Å². The van der Waals surface area contributed by atoms with Gasteiger partial charge in [0.2, 0.25) is 0 Å². The highest BCUT2D eigenvalue weighted by atomic mass is 35.5. The Morgan fingerprint density at radius 1 is 1.17 bits per heavy atom. The van der Waals surface area contributed by atoms with Crippen molar-refractivity contribution >= 4 is 52.1 Å². The predicted molar refractivity (Wildman–Crippen MR) is 93.3 cm³/mol. The van der Waals surface area contributed by atoms with Crippen molar-refractivity contribution in [3.05, 3.63) is 61.6 Å². The molecule has 1 amide bonds. The van der Waals surface area contributed by atoms with Gasteiger partial charge >= 0.3 is 0 Å². The summed E-state index contributed by atoms with van der Waals surface area (Å²) in [5, 5.41) is 14.0. The Bertz CT molecular complexity index is 798. The predicted octanol–water partition coefficient (Wildman–Crippen LogP) is 4.96. The van der Waals surface area contributed by atoms with Gasteiger partial charge in [-0.25, -0.2) is 0 Å². The summed E-state index contributed by atoms with van der Waals surface area (Å²) in [4.78, 5) is 22.3. The molecule has 1 N–H and O–H groups in total. The number of rotatable bonds is 5. The van der Waals surface area contributed by atoms with Crippen molar-refractivity contribution < 1.29 is 14.5 Å². The molecule has 2 aromatic rings. The second kappa shape index (κ2) is 7.70. The molecule has 0 aromatic heterocycles. The molecule has 1 atom stereocenters. The lowest BCUT2D eigenvalue weighted by molar-refractivity contribution is -0.384. The van der Waals surface area contributed by atoms with Crippen molar-refractivity contribution in [2.75, 3.05) is 5.32 Å². The maximum absolute atomic E-state index is 12.2. The van der Waals surface area contributed by atoms with Gasteiger partial charge in [-0.3, -0.25) is 14.9 Å². The largest absolute Gasteiger partial charge is 0.479 e. The minimum atomic E-state index is -0.918. The maximum atomic E-state index is 12.2. The van der Waals surface area contributed by atoms with Gasteiger partial charge in [-0.1, -0.05) is 34.8 Å². The molecule has 0 heterocycles. The van der Waals surface area contributed by atoms with E-state index in [4.69, 9.17) is 39.5 Å². The van der Waals surface area contributed by atoms with E-state index in [9.17, 15) is 14.9 Å². The van der Waals surface area contributed by atoms with Crippen LogP contribution in [0.15, 0.2) is 36.4 Å². The second-order valence-corrected chi connectivity index (χ2v) is 6.00. The number of nitro groups is 1. The van der Waals surface area contributed by atoms with E-state index in [-0.39, 0.29) is 16.5 Å². The lowest BCUT2D eigenvalue weighted by Gasteiger charge is -2.16. The maximum Gasteiger partial charge on any atom is 0.271 e. The minimum Gasteiger partial charge on any atom is -0.479 e. The summed E-state index contributed by atoms with van der Waals surface area (Å²) in [5.74, 6) is -0.323. The Morgan fingerprint density at radius 2 is 1.88 bits per heavy atom. The average molecular weight is 390 g/mol. The molecular formula is C15H11Cl3N2O4. The van der Waals surface area contributed by atoms with Crippen LogP contribution in [0.2, 0.25) is 15.1 Å². The molecule has 0 radical (unpaired) electrons. The van der Waals surface area contributed by atoms with Gasteiger partial charge in [0.15, 0.2) is 6.10 Å². The summed E-state index contributed by atoms with van der Waals surface area (Å²) in [6, 6.07) is 8.37. The first-order valence-electron chi connectivity index (χ1n) is 6.64. The van der Waals surface area contributed by atoms with Crippen molar-refractivity contribution in [1.29, 1.82) is 0 Å². The van der Waals surface area contributed by atoms with Crippen LogP contribution in [0, 0.1) is 10.1 Å². The molecule has 6 nitrogen and oxygen atoms in total. The van der Waals surface area contributed by atoms with E-state index in [0.717, 1.165) is 6.07 Å². The molecule has 0 aliphatic rings. The van der Waals surface area contributed by atoms with Crippen molar-refractivity contribution in [3.63, 3.8) is 0 Å². The minimum absolute atomic E-state index is 0.0321. The van der Waals surface area contributed by atoms with Gasteiger partial charge in [-0.2, -0.15) is 0 Å². The topological polar surface area (TPSA) is 81.5 Å². The third-order valence-corrected chi connectivity index (χ3v) is 3.85. The fourth-order valence-corrected chi connectivity index (χ4v) is 2.33. The van der Waals surface area contributed by atoms with Crippen LogP contribution in [-0.4, -0.2) is 16.9 Å². The Labute approximate surface area is 152 Å². The van der Waals surface area contributed by atoms with Gasteiger partial charge in [0.05, 0.1) is 20.7 Å². The van der Waals surface area contributed by atoms with E-state index in [1.807, 2.05) is 0 Å². The SMILES string of the molecule is C[C@H](Oc1ccc([N+](=O)[O-])cc1Cl)C(=O)Nc1cc(Cl)ccc1Cl. The summed E-state index contributed by atoms with van der Waals surface area (Å²) in [5.41, 5.74) is 0.176. The van der Waals surface area contributed by atoms with Crippen molar-refractivity contribution in [2.24, 2.45) is 0 Å². The number of hydrogen-bond donors (Lipinski definition) is 1. The number of nitro benzene ring substituents is 1. The summed E-state index contributed by atoms with van der Waals surface area (Å²) in [6.07, 6.45) is -0.918. The number of nitrogens with zero attached hydrogens (tertiary/aromatic N) is 1. The Kier molecular flexibility index (Phi) is 5.88. The van der Waals surface area contributed by atoms with Crippen molar-refractivity contribution in [3.8, 4) is 5.75 Å². The van der Waals surface area contributed by atoms with E-state index in [2.05, 4.69) is 5.32 Å². The van der Waals surface area contributed by atoms with Crippen molar-refractivity contribution in [1.82, 2.24) is 0 Å². The highest BCUT2D eigenvalue weighted by Crippen LogP contribution is 2.30. The zero-order valence-electron chi connectivity index (χ0n) is 12.3. The molecule has 0 saturated heterocycles. The molecule has 0 bridgehead atoms. The molecule has 0 spiro atoms.